The van der Waals surface area contributed by atoms with Crippen LogP contribution in [0.4, 0.5) is 18.9 Å². The molecule has 0 aromatic heterocycles. The van der Waals surface area contributed by atoms with Crippen LogP contribution in [0.25, 0.3) is 21.9 Å². The van der Waals surface area contributed by atoms with Crippen LogP contribution in [0.2, 0.25) is 0 Å². The first-order chi connectivity index (χ1) is 17.4. The summed E-state index contributed by atoms with van der Waals surface area (Å²) >= 11 is 0. The van der Waals surface area contributed by atoms with Crippen molar-refractivity contribution >= 4 is 22.7 Å². The normalized spacial score (nSPS) is 11.8. The Morgan fingerprint density at radius 2 is 1.44 bits per heavy atom. The molecule has 0 saturated carbocycles. The van der Waals surface area contributed by atoms with Gasteiger partial charge in [-0.25, -0.2) is 0 Å². The Morgan fingerprint density at radius 3 is 2.25 bits per heavy atom. The highest BCUT2D eigenvalue weighted by Crippen LogP contribution is 2.41. The van der Waals surface area contributed by atoms with Crippen LogP contribution in [0, 0.1) is 0 Å². The van der Waals surface area contributed by atoms with Gasteiger partial charge in [-0.15, -0.1) is 0 Å². The van der Waals surface area contributed by atoms with Crippen LogP contribution in [-0.4, -0.2) is 11.3 Å². The summed E-state index contributed by atoms with van der Waals surface area (Å²) in [6.07, 6.45) is -3.19. The molecule has 0 saturated heterocycles. The monoisotopic (exact) mass is 483 g/mol. The molecule has 36 heavy (non-hydrogen) atoms. The van der Waals surface area contributed by atoms with Gasteiger partial charge in [0, 0.05) is 17.3 Å². The smallest absolute Gasteiger partial charge is 0.416 e. The van der Waals surface area contributed by atoms with Crippen molar-refractivity contribution in [3.05, 3.63) is 120 Å². The number of aromatic hydroxyl groups is 1. The molecule has 5 rings (SSSR count). The number of halogens is 3. The fourth-order valence-corrected chi connectivity index (χ4v) is 3.97. The van der Waals surface area contributed by atoms with Crippen molar-refractivity contribution in [3.63, 3.8) is 0 Å². The molecule has 1 N–H and O–H groups in total. The van der Waals surface area contributed by atoms with E-state index in [-0.39, 0.29) is 17.2 Å². The van der Waals surface area contributed by atoms with E-state index in [2.05, 4.69) is 4.99 Å². The van der Waals surface area contributed by atoms with Gasteiger partial charge in [-0.05, 0) is 46.7 Å². The number of phenols is 1. The third kappa shape index (κ3) is 4.79. The van der Waals surface area contributed by atoms with Gasteiger partial charge in [-0.3, -0.25) is 4.99 Å². The highest BCUT2D eigenvalue weighted by Gasteiger charge is 2.31. The maximum Gasteiger partial charge on any atom is 0.416 e. The molecule has 0 aliphatic heterocycles. The fourth-order valence-electron chi connectivity index (χ4n) is 3.97. The molecule has 5 aromatic carbocycles. The standard InChI is InChI=1S/C30H20F3NO2/c31-30(32,33)22-15-17-29(36-28-13-7-6-12-24(28)20-8-2-1-3-9-20)26(18-22)34-19-25-23-11-5-4-10-21(23)14-16-27(25)35/h1-19,35H. The van der Waals surface area contributed by atoms with Crippen LogP contribution in [0.15, 0.2) is 114 Å². The minimum atomic E-state index is -4.55. The summed E-state index contributed by atoms with van der Waals surface area (Å²) in [6, 6.07) is 30.7. The van der Waals surface area contributed by atoms with E-state index >= 15 is 0 Å². The lowest BCUT2D eigenvalue weighted by Crippen LogP contribution is -2.04. The van der Waals surface area contributed by atoms with E-state index in [0.717, 1.165) is 34.0 Å². The molecule has 0 fully saturated rings. The molecule has 0 amide bonds. The van der Waals surface area contributed by atoms with Crippen LogP contribution in [0.1, 0.15) is 11.1 Å². The van der Waals surface area contributed by atoms with Crippen molar-refractivity contribution in [2.75, 3.05) is 0 Å². The number of fused-ring (bicyclic) bond motifs is 1. The lowest BCUT2D eigenvalue weighted by molar-refractivity contribution is -0.137. The average Bonchev–Trinajstić information content (AvgIpc) is 2.89. The van der Waals surface area contributed by atoms with Crippen LogP contribution < -0.4 is 4.74 Å². The molecule has 6 heteroatoms. The maximum absolute atomic E-state index is 13.5. The number of alkyl halides is 3. The summed E-state index contributed by atoms with van der Waals surface area (Å²) in [4.78, 5) is 4.35. The maximum atomic E-state index is 13.5. The zero-order valence-electron chi connectivity index (χ0n) is 18.9. The largest absolute Gasteiger partial charge is 0.507 e. The van der Waals surface area contributed by atoms with Gasteiger partial charge in [0.1, 0.15) is 17.2 Å². The van der Waals surface area contributed by atoms with Crippen molar-refractivity contribution in [2.24, 2.45) is 4.99 Å². The lowest BCUT2D eigenvalue weighted by Gasteiger charge is -2.15. The van der Waals surface area contributed by atoms with Crippen molar-refractivity contribution in [1.29, 1.82) is 0 Å². The van der Waals surface area contributed by atoms with E-state index < -0.39 is 11.7 Å². The van der Waals surface area contributed by atoms with Gasteiger partial charge >= 0.3 is 6.18 Å². The molecule has 0 bridgehead atoms. The summed E-state index contributed by atoms with van der Waals surface area (Å²) in [5.41, 5.74) is 1.24. The number of para-hydroxylation sites is 1. The zero-order valence-corrected chi connectivity index (χ0v) is 18.9. The van der Waals surface area contributed by atoms with Gasteiger partial charge in [0.2, 0.25) is 0 Å². The summed E-state index contributed by atoms with van der Waals surface area (Å²) < 4.78 is 46.7. The van der Waals surface area contributed by atoms with Crippen LogP contribution in [-0.2, 0) is 6.18 Å². The Morgan fingerprint density at radius 1 is 0.722 bits per heavy atom. The Hall–Kier alpha value is -4.58. The Bertz CT molecular complexity index is 1560. The Kier molecular flexibility index (Phi) is 6.17. The number of rotatable bonds is 5. The SMILES string of the molecule is Oc1ccc2ccccc2c1C=Nc1cc(C(F)(F)F)ccc1Oc1ccccc1-c1ccccc1. The van der Waals surface area contributed by atoms with Crippen LogP contribution in [0.3, 0.4) is 0 Å². The van der Waals surface area contributed by atoms with E-state index in [1.54, 1.807) is 18.2 Å². The first kappa shape index (κ1) is 23.2. The molecule has 0 radical (unpaired) electrons. The molecule has 0 atom stereocenters. The van der Waals surface area contributed by atoms with Gasteiger partial charge in [0.05, 0.1) is 5.56 Å². The Balaban J connectivity index is 1.60. The predicted octanol–water partition coefficient (Wildman–Crippen LogP) is 8.77. The van der Waals surface area contributed by atoms with E-state index in [4.69, 9.17) is 4.74 Å². The number of hydrogen-bond donors (Lipinski definition) is 1. The molecule has 0 aliphatic rings. The quantitative estimate of drug-likeness (QED) is 0.254. The molecule has 3 nitrogen and oxygen atoms in total. The third-order valence-corrected chi connectivity index (χ3v) is 5.76. The molecule has 0 aliphatic carbocycles. The van der Waals surface area contributed by atoms with Gasteiger partial charge in [0.15, 0.2) is 5.75 Å². The minimum Gasteiger partial charge on any atom is -0.507 e. The number of nitrogens with zero attached hydrogens (tertiary/aromatic N) is 1. The molecule has 0 unspecified atom stereocenters. The molecular weight excluding hydrogens is 463 g/mol. The first-order valence-corrected chi connectivity index (χ1v) is 11.2. The van der Waals surface area contributed by atoms with E-state index in [1.165, 1.54) is 18.3 Å². The zero-order chi connectivity index (χ0) is 25.1. The Labute approximate surface area is 205 Å². The fraction of sp³-hybridized carbons (Fsp3) is 0.0333. The summed E-state index contributed by atoms with van der Waals surface area (Å²) in [5, 5.41) is 12.0. The molecule has 0 heterocycles. The highest BCUT2D eigenvalue weighted by atomic mass is 19.4. The summed E-state index contributed by atoms with van der Waals surface area (Å²) in [6.45, 7) is 0. The van der Waals surface area contributed by atoms with E-state index in [1.807, 2.05) is 66.7 Å². The van der Waals surface area contributed by atoms with Crippen LogP contribution >= 0.6 is 0 Å². The average molecular weight is 483 g/mol. The molecule has 5 aromatic rings. The second kappa shape index (κ2) is 9.58. The molecular formula is C30H20F3NO2. The number of benzene rings is 5. The number of phenolic OH excluding ortho intramolecular Hbond substituents is 1. The van der Waals surface area contributed by atoms with Crippen molar-refractivity contribution < 1.29 is 23.0 Å². The van der Waals surface area contributed by atoms with E-state index in [9.17, 15) is 18.3 Å². The van der Waals surface area contributed by atoms with Gasteiger partial charge in [-0.1, -0.05) is 78.9 Å². The summed E-state index contributed by atoms with van der Waals surface area (Å²) in [7, 11) is 0. The number of ether oxygens (including phenoxy) is 1. The van der Waals surface area contributed by atoms with Crippen LogP contribution in [0.5, 0.6) is 17.2 Å². The van der Waals surface area contributed by atoms with E-state index in [0.29, 0.717) is 11.3 Å². The lowest BCUT2D eigenvalue weighted by atomic mass is 10.0. The highest BCUT2D eigenvalue weighted by molar-refractivity contribution is 6.03. The second-order valence-electron chi connectivity index (χ2n) is 8.12. The number of hydrogen-bond acceptors (Lipinski definition) is 3. The topological polar surface area (TPSA) is 41.8 Å². The first-order valence-electron chi connectivity index (χ1n) is 11.2. The number of aliphatic imine (C=N–C) groups is 1. The third-order valence-electron chi connectivity index (χ3n) is 5.76. The van der Waals surface area contributed by atoms with Crippen molar-refractivity contribution in [2.45, 2.75) is 6.18 Å². The van der Waals surface area contributed by atoms with Gasteiger partial charge in [0.25, 0.3) is 0 Å². The predicted molar refractivity (Wildman–Crippen MR) is 136 cm³/mol. The molecule has 178 valence electrons. The summed E-state index contributed by atoms with van der Waals surface area (Å²) in [5.74, 6) is 0.608. The van der Waals surface area contributed by atoms with Crippen molar-refractivity contribution in [1.82, 2.24) is 0 Å². The minimum absolute atomic E-state index is 0.0139. The van der Waals surface area contributed by atoms with Crippen molar-refractivity contribution in [3.8, 4) is 28.4 Å². The van der Waals surface area contributed by atoms with Gasteiger partial charge in [-0.2, -0.15) is 13.2 Å². The molecule has 0 spiro atoms. The van der Waals surface area contributed by atoms with Gasteiger partial charge < -0.3 is 9.84 Å². The second-order valence-corrected chi connectivity index (χ2v) is 8.12.